The van der Waals surface area contributed by atoms with Gasteiger partial charge in [-0.05, 0) is 31.2 Å². The number of fused-ring (bicyclic) bond motifs is 1. The van der Waals surface area contributed by atoms with Gasteiger partial charge in [0, 0.05) is 16.5 Å². The highest BCUT2D eigenvalue weighted by Gasteiger charge is 2.14. The fourth-order valence-electron chi connectivity index (χ4n) is 3.23. The molecule has 30 heavy (non-hydrogen) atoms. The first kappa shape index (κ1) is 19.3. The van der Waals surface area contributed by atoms with Gasteiger partial charge in [0.2, 0.25) is 0 Å². The zero-order valence-corrected chi connectivity index (χ0v) is 16.8. The number of rotatable bonds is 5. The average molecular weight is 395 g/mol. The van der Waals surface area contributed by atoms with Crippen LogP contribution in [0.3, 0.4) is 0 Å². The van der Waals surface area contributed by atoms with Crippen molar-refractivity contribution in [3.05, 3.63) is 96.1 Å². The van der Waals surface area contributed by atoms with Crippen molar-refractivity contribution in [1.29, 1.82) is 0 Å². The number of carbonyl (C=O) groups excluding carboxylic acids is 1. The zero-order valence-electron chi connectivity index (χ0n) is 16.8. The van der Waals surface area contributed by atoms with Crippen LogP contribution in [-0.4, -0.2) is 23.7 Å². The van der Waals surface area contributed by atoms with Crippen LogP contribution in [0.2, 0.25) is 0 Å². The lowest BCUT2D eigenvalue weighted by Crippen LogP contribution is -2.20. The topological polar surface area (TPSA) is 63.6 Å². The van der Waals surface area contributed by atoms with E-state index in [9.17, 15) is 4.79 Å². The summed E-state index contributed by atoms with van der Waals surface area (Å²) < 4.78 is 5.25. The van der Waals surface area contributed by atoms with Gasteiger partial charge in [-0.25, -0.2) is 10.4 Å². The molecule has 4 rings (SSSR count). The van der Waals surface area contributed by atoms with E-state index >= 15 is 0 Å². The average Bonchev–Trinajstić information content (AvgIpc) is 2.82. The number of hydrogen-bond donors (Lipinski definition) is 1. The third-order valence-corrected chi connectivity index (χ3v) is 4.84. The van der Waals surface area contributed by atoms with Gasteiger partial charge in [0.1, 0.15) is 5.75 Å². The normalized spacial score (nSPS) is 11.3. The maximum Gasteiger partial charge on any atom is 0.272 e. The summed E-state index contributed by atoms with van der Waals surface area (Å²) in [5, 5.41) is 5.08. The van der Waals surface area contributed by atoms with Crippen molar-refractivity contribution >= 4 is 22.5 Å². The van der Waals surface area contributed by atoms with Gasteiger partial charge in [-0.15, -0.1) is 0 Å². The number of benzene rings is 3. The van der Waals surface area contributed by atoms with Crippen molar-refractivity contribution < 1.29 is 9.53 Å². The SMILES string of the molecule is COc1cccc(/C(C)=N/NC(=O)c2cc(-c3ccccc3)nc3ccccc23)c1. The molecule has 0 saturated carbocycles. The largest absolute Gasteiger partial charge is 0.497 e. The Morgan fingerprint density at radius 3 is 2.50 bits per heavy atom. The molecule has 0 fully saturated rings. The molecule has 0 unspecified atom stereocenters. The molecule has 0 atom stereocenters. The first-order valence-electron chi connectivity index (χ1n) is 9.60. The maximum absolute atomic E-state index is 13.0. The van der Waals surface area contributed by atoms with Gasteiger partial charge in [-0.1, -0.05) is 60.7 Å². The standard InChI is InChI=1S/C25H21N3O2/c1-17(19-11-8-12-20(15-19)30-2)27-28-25(29)22-16-24(18-9-4-3-5-10-18)26-23-14-7-6-13-21(22)23/h3-16H,1-2H3,(H,28,29)/b27-17+. The van der Waals surface area contributed by atoms with E-state index in [4.69, 9.17) is 9.72 Å². The van der Waals surface area contributed by atoms with Crippen LogP contribution in [0.15, 0.2) is 90.0 Å². The molecule has 5 heteroatoms. The number of para-hydroxylation sites is 1. The fourth-order valence-corrected chi connectivity index (χ4v) is 3.23. The minimum absolute atomic E-state index is 0.284. The Balaban J connectivity index is 1.68. The Hall–Kier alpha value is -3.99. The number of pyridine rings is 1. The van der Waals surface area contributed by atoms with Crippen LogP contribution in [0.5, 0.6) is 5.75 Å². The van der Waals surface area contributed by atoms with Gasteiger partial charge in [-0.2, -0.15) is 5.10 Å². The molecule has 0 radical (unpaired) electrons. The van der Waals surface area contributed by atoms with Crippen molar-refractivity contribution in [3.63, 3.8) is 0 Å². The highest BCUT2D eigenvalue weighted by Crippen LogP contribution is 2.24. The van der Waals surface area contributed by atoms with Gasteiger partial charge in [0.05, 0.1) is 29.6 Å². The summed E-state index contributed by atoms with van der Waals surface area (Å²) in [6.07, 6.45) is 0. The summed E-state index contributed by atoms with van der Waals surface area (Å²) in [5.74, 6) is 0.453. The Morgan fingerprint density at radius 2 is 1.70 bits per heavy atom. The molecule has 0 spiro atoms. The summed E-state index contributed by atoms with van der Waals surface area (Å²) in [6, 6.07) is 26.8. The van der Waals surface area contributed by atoms with Gasteiger partial charge < -0.3 is 4.74 Å². The molecule has 4 aromatic rings. The molecule has 3 aromatic carbocycles. The molecule has 0 aliphatic rings. The van der Waals surface area contributed by atoms with Gasteiger partial charge >= 0.3 is 0 Å². The minimum Gasteiger partial charge on any atom is -0.497 e. The van der Waals surface area contributed by atoms with Crippen molar-refractivity contribution in [3.8, 4) is 17.0 Å². The summed E-state index contributed by atoms with van der Waals surface area (Å²) in [7, 11) is 1.62. The Morgan fingerprint density at radius 1 is 0.933 bits per heavy atom. The predicted octanol–water partition coefficient (Wildman–Crippen LogP) is 5.06. The van der Waals surface area contributed by atoms with Crippen LogP contribution in [0.1, 0.15) is 22.8 Å². The van der Waals surface area contributed by atoms with E-state index in [0.29, 0.717) is 11.3 Å². The molecular weight excluding hydrogens is 374 g/mol. The summed E-state index contributed by atoms with van der Waals surface area (Å²) in [5.41, 5.74) is 7.23. The van der Waals surface area contributed by atoms with Gasteiger partial charge in [0.25, 0.3) is 5.91 Å². The van der Waals surface area contributed by atoms with E-state index in [-0.39, 0.29) is 5.91 Å². The van der Waals surface area contributed by atoms with Gasteiger partial charge in [0.15, 0.2) is 0 Å². The van der Waals surface area contributed by atoms with E-state index in [1.54, 1.807) is 7.11 Å². The van der Waals surface area contributed by atoms with Crippen molar-refractivity contribution in [1.82, 2.24) is 10.4 Å². The molecule has 0 aliphatic carbocycles. The quantitative estimate of drug-likeness (QED) is 0.379. The second kappa shape index (κ2) is 8.57. The number of hydrogen-bond acceptors (Lipinski definition) is 4. The van der Waals surface area contributed by atoms with E-state index < -0.39 is 0 Å². The lowest BCUT2D eigenvalue weighted by molar-refractivity contribution is 0.0956. The smallest absolute Gasteiger partial charge is 0.272 e. The summed E-state index contributed by atoms with van der Waals surface area (Å²) in [4.78, 5) is 17.8. The number of ether oxygens (including phenoxy) is 1. The Bertz CT molecular complexity index is 1230. The molecule has 5 nitrogen and oxygen atoms in total. The highest BCUT2D eigenvalue weighted by atomic mass is 16.5. The second-order valence-electron chi connectivity index (χ2n) is 6.81. The van der Waals surface area contributed by atoms with Crippen LogP contribution in [0.25, 0.3) is 22.2 Å². The number of amides is 1. The number of hydrazone groups is 1. The third-order valence-electron chi connectivity index (χ3n) is 4.84. The summed E-state index contributed by atoms with van der Waals surface area (Å²) >= 11 is 0. The number of nitrogens with one attached hydrogen (secondary N) is 1. The van der Waals surface area contributed by atoms with Crippen LogP contribution in [0, 0.1) is 0 Å². The minimum atomic E-state index is -0.284. The molecule has 1 amide bonds. The third kappa shape index (κ3) is 4.05. The Kier molecular flexibility index (Phi) is 5.52. The van der Waals surface area contributed by atoms with E-state index in [1.807, 2.05) is 91.9 Å². The molecule has 0 saturated heterocycles. The van der Waals surface area contributed by atoms with Crippen LogP contribution >= 0.6 is 0 Å². The van der Waals surface area contributed by atoms with Gasteiger partial charge in [-0.3, -0.25) is 4.79 Å². The number of aromatic nitrogens is 1. The first-order chi connectivity index (χ1) is 14.7. The Labute approximate surface area is 175 Å². The lowest BCUT2D eigenvalue weighted by atomic mass is 10.0. The molecule has 0 aliphatic heterocycles. The molecular formula is C25H21N3O2. The molecule has 148 valence electrons. The second-order valence-corrected chi connectivity index (χ2v) is 6.81. The molecule has 1 aromatic heterocycles. The van der Waals surface area contributed by atoms with Crippen molar-refractivity contribution in [2.24, 2.45) is 5.10 Å². The van der Waals surface area contributed by atoms with E-state index in [0.717, 1.165) is 33.5 Å². The highest BCUT2D eigenvalue weighted by molar-refractivity contribution is 6.08. The fraction of sp³-hybridized carbons (Fsp3) is 0.0800. The number of nitrogens with zero attached hydrogens (tertiary/aromatic N) is 2. The number of methoxy groups -OCH3 is 1. The van der Waals surface area contributed by atoms with Crippen LogP contribution < -0.4 is 10.2 Å². The molecule has 1 heterocycles. The summed E-state index contributed by atoms with van der Waals surface area (Å²) in [6.45, 7) is 1.84. The lowest BCUT2D eigenvalue weighted by Gasteiger charge is -2.10. The van der Waals surface area contributed by atoms with Crippen molar-refractivity contribution in [2.75, 3.05) is 7.11 Å². The molecule has 1 N–H and O–H groups in total. The van der Waals surface area contributed by atoms with E-state index in [1.165, 1.54) is 0 Å². The zero-order chi connectivity index (χ0) is 20.9. The molecule has 0 bridgehead atoms. The van der Waals surface area contributed by atoms with E-state index in [2.05, 4.69) is 10.5 Å². The first-order valence-corrected chi connectivity index (χ1v) is 9.60. The van der Waals surface area contributed by atoms with Crippen LogP contribution in [-0.2, 0) is 0 Å². The predicted molar refractivity (Wildman–Crippen MR) is 120 cm³/mol. The number of carbonyl (C=O) groups is 1. The van der Waals surface area contributed by atoms with Crippen molar-refractivity contribution in [2.45, 2.75) is 6.92 Å². The maximum atomic E-state index is 13.0. The monoisotopic (exact) mass is 395 g/mol. The van der Waals surface area contributed by atoms with Crippen LogP contribution in [0.4, 0.5) is 0 Å².